The van der Waals surface area contributed by atoms with Crippen molar-refractivity contribution in [3.05, 3.63) is 60.0 Å². The molecule has 0 amide bonds. The molecule has 130 valence electrons. The minimum Gasteiger partial charge on any atom is -0.496 e. The molecule has 0 aliphatic carbocycles. The van der Waals surface area contributed by atoms with Crippen molar-refractivity contribution in [2.75, 3.05) is 7.11 Å². The molecule has 25 heavy (non-hydrogen) atoms. The predicted octanol–water partition coefficient (Wildman–Crippen LogP) is 2.53. The van der Waals surface area contributed by atoms with Gasteiger partial charge >= 0.3 is 0 Å². The Bertz CT molecular complexity index is 983. The summed E-state index contributed by atoms with van der Waals surface area (Å²) in [6.07, 6.45) is 0. The second-order valence-electron chi connectivity index (χ2n) is 5.35. The van der Waals surface area contributed by atoms with Gasteiger partial charge in [0.05, 0.1) is 24.1 Å². The summed E-state index contributed by atoms with van der Waals surface area (Å²) in [6, 6.07) is 13.9. The quantitative estimate of drug-likeness (QED) is 0.727. The highest BCUT2D eigenvalue weighted by molar-refractivity contribution is 7.89. The molecule has 0 aliphatic rings. The standard InChI is InChI=1S/C17H17N3O4S/c1-12-6-5-7-13(10-12)25(21,22)18-11-16-19-17(20-24-16)14-8-3-4-9-15(14)23-2/h3-10,18H,11H2,1-2H3. The summed E-state index contributed by atoms with van der Waals surface area (Å²) >= 11 is 0. The van der Waals surface area contributed by atoms with E-state index >= 15 is 0 Å². The highest BCUT2D eigenvalue weighted by Gasteiger charge is 2.17. The predicted molar refractivity (Wildman–Crippen MR) is 91.5 cm³/mol. The fourth-order valence-electron chi connectivity index (χ4n) is 2.29. The Kier molecular flexibility index (Phi) is 4.82. The molecule has 0 atom stereocenters. The van der Waals surface area contributed by atoms with E-state index in [0.717, 1.165) is 5.56 Å². The lowest BCUT2D eigenvalue weighted by atomic mass is 10.2. The molecule has 0 aliphatic heterocycles. The first kappa shape index (κ1) is 17.1. The van der Waals surface area contributed by atoms with E-state index in [1.54, 1.807) is 31.4 Å². The zero-order valence-electron chi connectivity index (χ0n) is 13.8. The molecule has 0 bridgehead atoms. The minimum atomic E-state index is -3.65. The van der Waals surface area contributed by atoms with Crippen molar-refractivity contribution in [3.63, 3.8) is 0 Å². The second kappa shape index (κ2) is 7.04. The maximum Gasteiger partial charge on any atom is 0.242 e. The Morgan fingerprint density at radius 2 is 1.96 bits per heavy atom. The molecule has 7 nitrogen and oxygen atoms in total. The number of rotatable bonds is 6. The van der Waals surface area contributed by atoms with Crippen LogP contribution in [0.25, 0.3) is 11.4 Å². The first-order valence-electron chi connectivity index (χ1n) is 7.52. The van der Waals surface area contributed by atoms with E-state index in [0.29, 0.717) is 17.1 Å². The van der Waals surface area contributed by atoms with Gasteiger partial charge in [0.2, 0.25) is 21.7 Å². The normalized spacial score (nSPS) is 11.4. The molecule has 0 saturated carbocycles. The number of para-hydroxylation sites is 1. The molecule has 0 saturated heterocycles. The molecule has 0 unspecified atom stereocenters. The van der Waals surface area contributed by atoms with Crippen molar-refractivity contribution in [1.29, 1.82) is 0 Å². The lowest BCUT2D eigenvalue weighted by Gasteiger charge is -2.05. The summed E-state index contributed by atoms with van der Waals surface area (Å²) in [5.41, 5.74) is 1.53. The van der Waals surface area contributed by atoms with Gasteiger partial charge in [-0.15, -0.1) is 0 Å². The molecule has 2 aromatic carbocycles. The SMILES string of the molecule is COc1ccccc1-c1noc(CNS(=O)(=O)c2cccc(C)c2)n1. The first-order valence-corrected chi connectivity index (χ1v) is 9.00. The van der Waals surface area contributed by atoms with E-state index in [4.69, 9.17) is 9.26 Å². The number of aryl methyl sites for hydroxylation is 1. The van der Waals surface area contributed by atoms with E-state index in [1.807, 2.05) is 25.1 Å². The van der Waals surface area contributed by atoms with E-state index in [9.17, 15) is 8.42 Å². The van der Waals surface area contributed by atoms with Gasteiger partial charge in [-0.2, -0.15) is 4.98 Å². The molecule has 8 heteroatoms. The van der Waals surface area contributed by atoms with E-state index < -0.39 is 10.0 Å². The molecule has 1 heterocycles. The average molecular weight is 359 g/mol. The molecule has 0 fully saturated rings. The van der Waals surface area contributed by atoms with Gasteiger partial charge in [0.25, 0.3) is 0 Å². The van der Waals surface area contributed by atoms with Crippen molar-refractivity contribution in [2.45, 2.75) is 18.4 Å². The van der Waals surface area contributed by atoms with E-state index in [2.05, 4.69) is 14.9 Å². The molecular weight excluding hydrogens is 342 g/mol. The zero-order chi connectivity index (χ0) is 17.9. The maximum atomic E-state index is 12.3. The number of sulfonamides is 1. The van der Waals surface area contributed by atoms with Crippen LogP contribution in [0.4, 0.5) is 0 Å². The molecule has 1 aromatic heterocycles. The zero-order valence-corrected chi connectivity index (χ0v) is 14.6. The van der Waals surface area contributed by atoms with Crippen LogP contribution in [-0.4, -0.2) is 25.7 Å². The third-order valence-electron chi connectivity index (χ3n) is 3.53. The molecule has 0 radical (unpaired) electrons. The number of ether oxygens (including phenoxy) is 1. The van der Waals surface area contributed by atoms with Crippen LogP contribution in [0.2, 0.25) is 0 Å². The van der Waals surface area contributed by atoms with Gasteiger partial charge in [-0.3, -0.25) is 0 Å². The Morgan fingerprint density at radius 3 is 2.72 bits per heavy atom. The topological polar surface area (TPSA) is 94.3 Å². The third-order valence-corrected chi connectivity index (χ3v) is 4.93. The van der Waals surface area contributed by atoms with E-state index in [-0.39, 0.29) is 17.3 Å². The number of nitrogens with zero attached hydrogens (tertiary/aromatic N) is 2. The number of hydrogen-bond acceptors (Lipinski definition) is 6. The molecule has 1 N–H and O–H groups in total. The van der Waals surface area contributed by atoms with Crippen molar-refractivity contribution in [3.8, 4) is 17.1 Å². The maximum absolute atomic E-state index is 12.3. The molecule has 3 aromatic rings. The van der Waals surface area contributed by atoms with Crippen molar-refractivity contribution in [1.82, 2.24) is 14.9 Å². The van der Waals surface area contributed by atoms with Gasteiger partial charge in [0, 0.05) is 0 Å². The van der Waals surface area contributed by atoms with E-state index in [1.165, 1.54) is 6.07 Å². The summed E-state index contributed by atoms with van der Waals surface area (Å²) in [5.74, 6) is 1.11. The number of aromatic nitrogens is 2. The Hall–Kier alpha value is -2.71. The molecule has 3 rings (SSSR count). The highest BCUT2D eigenvalue weighted by Crippen LogP contribution is 2.27. The van der Waals surface area contributed by atoms with Crippen LogP contribution in [-0.2, 0) is 16.6 Å². The van der Waals surface area contributed by atoms with Crippen molar-refractivity contribution >= 4 is 10.0 Å². The minimum absolute atomic E-state index is 0.0988. The summed E-state index contributed by atoms with van der Waals surface area (Å²) in [5, 5.41) is 3.88. The lowest BCUT2D eigenvalue weighted by molar-refractivity contribution is 0.375. The fourth-order valence-corrected chi connectivity index (χ4v) is 3.37. The van der Waals surface area contributed by atoms with Gasteiger partial charge < -0.3 is 9.26 Å². The monoisotopic (exact) mass is 359 g/mol. The highest BCUT2D eigenvalue weighted by atomic mass is 32.2. The van der Waals surface area contributed by atoms with Crippen molar-refractivity contribution < 1.29 is 17.7 Å². The number of hydrogen-bond donors (Lipinski definition) is 1. The largest absolute Gasteiger partial charge is 0.496 e. The smallest absolute Gasteiger partial charge is 0.242 e. The third kappa shape index (κ3) is 3.86. The van der Waals surface area contributed by atoms with Crippen LogP contribution in [0.15, 0.2) is 57.9 Å². The summed E-state index contributed by atoms with van der Waals surface area (Å²) in [6.45, 7) is 1.73. The van der Waals surface area contributed by atoms with Gasteiger partial charge in [-0.1, -0.05) is 29.4 Å². The Balaban J connectivity index is 1.76. The van der Waals surface area contributed by atoms with Crippen molar-refractivity contribution in [2.24, 2.45) is 0 Å². The van der Waals surface area contributed by atoms with Gasteiger partial charge in [-0.05, 0) is 36.8 Å². The fraction of sp³-hybridized carbons (Fsp3) is 0.176. The number of benzene rings is 2. The number of methoxy groups -OCH3 is 1. The average Bonchev–Trinajstić information content (AvgIpc) is 3.09. The Labute approximate surface area is 145 Å². The first-order chi connectivity index (χ1) is 12.0. The van der Waals surface area contributed by atoms with Crippen LogP contribution >= 0.6 is 0 Å². The summed E-state index contributed by atoms with van der Waals surface area (Å²) in [7, 11) is -2.10. The van der Waals surface area contributed by atoms with Gasteiger partial charge in [0.15, 0.2) is 0 Å². The number of nitrogens with one attached hydrogen (secondary N) is 1. The Morgan fingerprint density at radius 1 is 1.16 bits per heavy atom. The van der Waals surface area contributed by atoms with Crippen LogP contribution < -0.4 is 9.46 Å². The lowest BCUT2D eigenvalue weighted by Crippen LogP contribution is -2.23. The molecular formula is C17H17N3O4S. The van der Waals surface area contributed by atoms with Crippen LogP contribution in [0.1, 0.15) is 11.5 Å². The second-order valence-corrected chi connectivity index (χ2v) is 7.12. The van der Waals surface area contributed by atoms with Crippen LogP contribution in [0.3, 0.4) is 0 Å². The summed E-state index contributed by atoms with van der Waals surface area (Å²) < 4.78 is 37.5. The van der Waals surface area contributed by atoms with Gasteiger partial charge in [-0.25, -0.2) is 13.1 Å². The van der Waals surface area contributed by atoms with Gasteiger partial charge in [0.1, 0.15) is 5.75 Å². The summed E-state index contributed by atoms with van der Waals surface area (Å²) in [4.78, 5) is 4.41. The molecule has 0 spiro atoms. The van der Waals surface area contributed by atoms with Crippen LogP contribution in [0.5, 0.6) is 5.75 Å². The van der Waals surface area contributed by atoms with Crippen LogP contribution in [0, 0.1) is 6.92 Å².